The van der Waals surface area contributed by atoms with Gasteiger partial charge in [0.25, 0.3) is 0 Å². The molecular weight excluding hydrogens is 338 g/mol. The van der Waals surface area contributed by atoms with Gasteiger partial charge in [0.1, 0.15) is 5.60 Å². The minimum Gasteiger partial charge on any atom is -0.478 e. The SMILES string of the molecule is CC1(C)CCCC1C1(OC(F)F)C=C(C(=O)O)C=CC1c1ccccc1. The first-order chi connectivity index (χ1) is 12.3. The van der Waals surface area contributed by atoms with Crippen LogP contribution < -0.4 is 0 Å². The van der Waals surface area contributed by atoms with Crippen molar-refractivity contribution in [2.75, 3.05) is 0 Å². The second-order valence-corrected chi connectivity index (χ2v) is 7.82. The highest BCUT2D eigenvalue weighted by atomic mass is 19.3. The molecule has 0 spiro atoms. The van der Waals surface area contributed by atoms with E-state index in [1.807, 2.05) is 30.3 Å². The summed E-state index contributed by atoms with van der Waals surface area (Å²) in [4.78, 5) is 11.6. The number of rotatable bonds is 5. The molecular formula is C21H24F2O3. The monoisotopic (exact) mass is 362 g/mol. The van der Waals surface area contributed by atoms with Crippen LogP contribution in [0.1, 0.15) is 44.6 Å². The molecule has 3 rings (SSSR count). The summed E-state index contributed by atoms with van der Waals surface area (Å²) in [6.07, 6.45) is 7.16. The topological polar surface area (TPSA) is 46.5 Å². The lowest BCUT2D eigenvalue weighted by molar-refractivity contribution is -0.222. The number of hydrogen-bond donors (Lipinski definition) is 1. The van der Waals surface area contributed by atoms with Crippen LogP contribution in [0, 0.1) is 11.3 Å². The van der Waals surface area contributed by atoms with Crippen LogP contribution in [0.5, 0.6) is 0 Å². The van der Waals surface area contributed by atoms with Gasteiger partial charge in [-0.3, -0.25) is 0 Å². The number of alkyl halides is 2. The Hall–Kier alpha value is -2.01. The van der Waals surface area contributed by atoms with E-state index in [-0.39, 0.29) is 16.9 Å². The van der Waals surface area contributed by atoms with Crippen LogP contribution in [0.2, 0.25) is 0 Å². The van der Waals surface area contributed by atoms with Gasteiger partial charge in [0.05, 0.1) is 5.57 Å². The maximum atomic E-state index is 13.6. The second-order valence-electron chi connectivity index (χ2n) is 7.82. The van der Waals surface area contributed by atoms with Crippen LogP contribution in [-0.4, -0.2) is 23.3 Å². The highest BCUT2D eigenvalue weighted by Gasteiger charge is 2.55. The smallest absolute Gasteiger partial charge is 0.346 e. The zero-order chi connectivity index (χ0) is 18.9. The molecule has 1 aromatic rings. The molecule has 1 aromatic carbocycles. The van der Waals surface area contributed by atoms with Gasteiger partial charge in [-0.15, -0.1) is 0 Å². The number of benzene rings is 1. The lowest BCUT2D eigenvalue weighted by Gasteiger charge is -2.48. The summed E-state index contributed by atoms with van der Waals surface area (Å²) in [6.45, 7) is 1.11. The number of aliphatic carboxylic acids is 1. The Labute approximate surface area is 152 Å². The van der Waals surface area contributed by atoms with E-state index in [1.165, 1.54) is 12.2 Å². The van der Waals surface area contributed by atoms with Crippen molar-refractivity contribution < 1.29 is 23.4 Å². The summed E-state index contributed by atoms with van der Waals surface area (Å²) in [5.41, 5.74) is -0.779. The third-order valence-corrected chi connectivity index (χ3v) is 5.84. The van der Waals surface area contributed by atoms with E-state index >= 15 is 0 Å². The first-order valence-electron chi connectivity index (χ1n) is 8.91. The number of ether oxygens (including phenoxy) is 1. The molecule has 3 unspecified atom stereocenters. The fourth-order valence-corrected chi connectivity index (χ4v) is 4.72. The van der Waals surface area contributed by atoms with Gasteiger partial charge in [-0.1, -0.05) is 62.8 Å². The van der Waals surface area contributed by atoms with E-state index in [0.29, 0.717) is 0 Å². The average Bonchev–Trinajstić information content (AvgIpc) is 2.94. The highest BCUT2D eigenvalue weighted by Crippen LogP contribution is 2.56. The van der Waals surface area contributed by atoms with E-state index in [1.54, 1.807) is 6.08 Å². The van der Waals surface area contributed by atoms with E-state index in [2.05, 4.69) is 13.8 Å². The summed E-state index contributed by atoms with van der Waals surface area (Å²) in [6, 6.07) is 9.32. The zero-order valence-corrected chi connectivity index (χ0v) is 15.0. The van der Waals surface area contributed by atoms with E-state index in [4.69, 9.17) is 4.74 Å². The maximum Gasteiger partial charge on any atom is 0.346 e. The van der Waals surface area contributed by atoms with Crippen LogP contribution in [0.4, 0.5) is 8.78 Å². The quantitative estimate of drug-likeness (QED) is 0.787. The van der Waals surface area contributed by atoms with Gasteiger partial charge >= 0.3 is 12.6 Å². The van der Waals surface area contributed by atoms with Crippen LogP contribution >= 0.6 is 0 Å². The molecule has 5 heteroatoms. The van der Waals surface area contributed by atoms with Crippen molar-refractivity contribution >= 4 is 5.97 Å². The van der Waals surface area contributed by atoms with Crippen LogP contribution in [0.25, 0.3) is 0 Å². The molecule has 0 aromatic heterocycles. The predicted octanol–water partition coefficient (Wildman–Crippen LogP) is 5.16. The van der Waals surface area contributed by atoms with Crippen molar-refractivity contribution in [3.63, 3.8) is 0 Å². The third kappa shape index (κ3) is 3.32. The third-order valence-electron chi connectivity index (χ3n) is 5.84. The number of carbonyl (C=O) groups is 1. The van der Waals surface area contributed by atoms with Gasteiger partial charge < -0.3 is 9.84 Å². The van der Waals surface area contributed by atoms with Gasteiger partial charge in [0.2, 0.25) is 0 Å². The predicted molar refractivity (Wildman–Crippen MR) is 95.0 cm³/mol. The normalized spacial score (nSPS) is 30.4. The van der Waals surface area contributed by atoms with Gasteiger partial charge in [-0.05, 0) is 35.8 Å². The van der Waals surface area contributed by atoms with Crippen molar-refractivity contribution in [1.82, 2.24) is 0 Å². The average molecular weight is 362 g/mol. The number of carboxylic acid groups (broad SMARTS) is 1. The molecule has 0 bridgehead atoms. The lowest BCUT2D eigenvalue weighted by Crippen LogP contribution is -2.50. The lowest BCUT2D eigenvalue weighted by atomic mass is 9.63. The van der Waals surface area contributed by atoms with Gasteiger partial charge in [0, 0.05) is 5.92 Å². The molecule has 1 N–H and O–H groups in total. The van der Waals surface area contributed by atoms with Crippen molar-refractivity contribution in [1.29, 1.82) is 0 Å². The van der Waals surface area contributed by atoms with E-state index in [9.17, 15) is 18.7 Å². The Morgan fingerprint density at radius 1 is 1.27 bits per heavy atom. The molecule has 2 aliphatic carbocycles. The second kappa shape index (κ2) is 6.95. The highest BCUT2D eigenvalue weighted by molar-refractivity contribution is 5.90. The largest absolute Gasteiger partial charge is 0.478 e. The van der Waals surface area contributed by atoms with Crippen molar-refractivity contribution in [3.05, 3.63) is 59.7 Å². The van der Waals surface area contributed by atoms with Crippen LogP contribution in [0.15, 0.2) is 54.1 Å². The summed E-state index contributed by atoms with van der Waals surface area (Å²) < 4.78 is 32.4. The van der Waals surface area contributed by atoms with Crippen LogP contribution in [-0.2, 0) is 9.53 Å². The Bertz CT molecular complexity index is 724. The maximum absolute atomic E-state index is 13.6. The van der Waals surface area contributed by atoms with Crippen molar-refractivity contribution in [2.45, 2.75) is 51.2 Å². The number of halogens is 2. The molecule has 140 valence electrons. The molecule has 3 atom stereocenters. The first-order valence-corrected chi connectivity index (χ1v) is 8.91. The molecule has 0 heterocycles. The molecule has 0 radical (unpaired) electrons. The van der Waals surface area contributed by atoms with Gasteiger partial charge in [0.15, 0.2) is 0 Å². The van der Waals surface area contributed by atoms with Crippen molar-refractivity contribution in [3.8, 4) is 0 Å². The fraction of sp³-hybridized carbons (Fsp3) is 0.476. The van der Waals surface area contributed by atoms with E-state index in [0.717, 1.165) is 24.8 Å². The van der Waals surface area contributed by atoms with Gasteiger partial charge in [-0.25, -0.2) is 4.79 Å². The van der Waals surface area contributed by atoms with E-state index < -0.39 is 24.1 Å². The molecule has 0 saturated heterocycles. The number of carboxylic acids is 1. The Balaban J connectivity index is 2.19. The first kappa shape index (κ1) is 18.8. The Morgan fingerprint density at radius 2 is 1.96 bits per heavy atom. The fourth-order valence-electron chi connectivity index (χ4n) is 4.72. The van der Waals surface area contributed by atoms with Gasteiger partial charge in [-0.2, -0.15) is 8.78 Å². The molecule has 1 saturated carbocycles. The molecule has 26 heavy (non-hydrogen) atoms. The molecule has 0 aliphatic heterocycles. The summed E-state index contributed by atoms with van der Waals surface area (Å²) in [7, 11) is 0. The number of hydrogen-bond acceptors (Lipinski definition) is 2. The summed E-state index contributed by atoms with van der Waals surface area (Å²) in [5.74, 6) is -1.82. The Morgan fingerprint density at radius 3 is 2.50 bits per heavy atom. The van der Waals surface area contributed by atoms with Crippen LogP contribution in [0.3, 0.4) is 0 Å². The molecule has 2 aliphatic rings. The molecule has 3 nitrogen and oxygen atoms in total. The zero-order valence-electron chi connectivity index (χ0n) is 15.0. The minimum absolute atomic E-state index is 0.000492. The minimum atomic E-state index is -2.99. The molecule has 1 fully saturated rings. The summed E-state index contributed by atoms with van der Waals surface area (Å²) >= 11 is 0. The standard InChI is InChI=1S/C21H24F2O3/c1-20(2)12-6-9-17(20)21(26-19(22)23)13-15(18(24)25)10-11-16(21)14-7-4-3-5-8-14/h3-5,7-8,10-11,13,16-17,19H,6,9,12H2,1-2H3,(H,24,25). The molecule has 0 amide bonds. The summed E-state index contributed by atoms with van der Waals surface area (Å²) in [5, 5.41) is 9.47. The Kier molecular flexibility index (Phi) is 5.02. The van der Waals surface area contributed by atoms with Crippen molar-refractivity contribution in [2.24, 2.45) is 11.3 Å².